The Morgan fingerprint density at radius 2 is 2.24 bits per heavy atom. The summed E-state index contributed by atoms with van der Waals surface area (Å²) in [6.07, 6.45) is -0.817. The Kier molecular flexibility index (Phi) is 5.31. The van der Waals surface area contributed by atoms with Gasteiger partial charge in [-0.05, 0) is 39.5 Å². The lowest BCUT2D eigenvalue weighted by Crippen LogP contribution is -2.47. The lowest BCUT2D eigenvalue weighted by atomic mass is 9.96. The molecule has 0 spiro atoms. The zero-order valence-electron chi connectivity index (χ0n) is 16.5. The number of hydrogen-bond acceptors (Lipinski definition) is 11. The molecule has 2 saturated heterocycles. The van der Waals surface area contributed by atoms with E-state index in [1.54, 1.807) is 11.5 Å². The third kappa shape index (κ3) is 3.63. The van der Waals surface area contributed by atoms with Gasteiger partial charge in [-0.25, -0.2) is 4.98 Å². The van der Waals surface area contributed by atoms with Crippen LogP contribution in [0.3, 0.4) is 0 Å². The Labute approximate surface area is 172 Å². The van der Waals surface area contributed by atoms with Crippen molar-refractivity contribution in [3.8, 4) is 5.88 Å². The summed E-state index contributed by atoms with van der Waals surface area (Å²) in [4.78, 5) is 12.7. The number of fused-ring (bicyclic) bond motifs is 2. The number of imidazole rings is 1. The first-order valence-electron chi connectivity index (χ1n) is 9.26. The number of aliphatic hydroxyl groups is 1. The molecule has 0 bridgehead atoms. The summed E-state index contributed by atoms with van der Waals surface area (Å²) in [7, 11) is 0. The smallest absolute Gasteiger partial charge is 0.327 e. The van der Waals surface area contributed by atoms with Crippen LogP contribution in [0.4, 0.5) is 5.95 Å². The van der Waals surface area contributed by atoms with Crippen LogP contribution in [0.25, 0.3) is 11.2 Å². The highest BCUT2D eigenvalue weighted by Gasteiger charge is 2.59. The van der Waals surface area contributed by atoms with Gasteiger partial charge in [-0.2, -0.15) is 9.97 Å². The molecular weight excluding hydrogens is 421 g/mol. The SMILES string of the molecule is CCOc1nc(N)nc2c1ncn2C1OC2COP(=S)(OC(C)C)OC2C1(C)O. The van der Waals surface area contributed by atoms with Gasteiger partial charge >= 0.3 is 6.72 Å². The predicted molar refractivity (Wildman–Crippen MR) is 107 cm³/mol. The fraction of sp³-hybridized carbons (Fsp3) is 0.688. The van der Waals surface area contributed by atoms with Crippen molar-refractivity contribution in [1.82, 2.24) is 19.5 Å². The number of nitrogens with zero attached hydrogens (tertiary/aromatic N) is 4. The van der Waals surface area contributed by atoms with Crippen molar-refractivity contribution in [2.24, 2.45) is 0 Å². The van der Waals surface area contributed by atoms with Crippen molar-refractivity contribution >= 4 is 35.6 Å². The van der Waals surface area contributed by atoms with Crippen LogP contribution in [0, 0.1) is 0 Å². The summed E-state index contributed by atoms with van der Waals surface area (Å²) < 4.78 is 30.4. The summed E-state index contributed by atoms with van der Waals surface area (Å²) in [5.74, 6) is 0.294. The van der Waals surface area contributed by atoms with Crippen LogP contribution in [0.1, 0.15) is 33.9 Å². The first-order chi connectivity index (χ1) is 13.6. The first kappa shape index (κ1) is 20.9. The van der Waals surface area contributed by atoms with E-state index in [1.807, 2.05) is 20.8 Å². The molecule has 5 atom stereocenters. The highest BCUT2D eigenvalue weighted by molar-refractivity contribution is 8.07. The van der Waals surface area contributed by atoms with E-state index in [0.717, 1.165) is 0 Å². The van der Waals surface area contributed by atoms with Gasteiger partial charge in [0, 0.05) is 0 Å². The maximum atomic E-state index is 11.3. The van der Waals surface area contributed by atoms with Gasteiger partial charge in [0.2, 0.25) is 11.8 Å². The molecule has 0 aliphatic carbocycles. The van der Waals surface area contributed by atoms with E-state index in [-0.39, 0.29) is 24.5 Å². The van der Waals surface area contributed by atoms with E-state index >= 15 is 0 Å². The average Bonchev–Trinajstić information content (AvgIpc) is 3.13. The van der Waals surface area contributed by atoms with Crippen molar-refractivity contribution in [3.63, 3.8) is 0 Å². The molecule has 0 saturated carbocycles. The molecule has 13 heteroatoms. The van der Waals surface area contributed by atoms with Crippen molar-refractivity contribution in [1.29, 1.82) is 0 Å². The van der Waals surface area contributed by atoms with Gasteiger partial charge in [-0.15, -0.1) is 0 Å². The molecule has 0 amide bonds. The Balaban J connectivity index is 1.70. The second kappa shape index (κ2) is 7.38. The van der Waals surface area contributed by atoms with Crippen LogP contribution in [0.2, 0.25) is 0 Å². The largest absolute Gasteiger partial charge is 0.476 e. The van der Waals surface area contributed by atoms with Crippen LogP contribution in [-0.2, 0) is 30.1 Å². The van der Waals surface area contributed by atoms with Crippen molar-refractivity contribution in [2.75, 3.05) is 18.9 Å². The monoisotopic (exact) mass is 445 g/mol. The van der Waals surface area contributed by atoms with Crippen molar-refractivity contribution in [2.45, 2.75) is 57.8 Å². The Morgan fingerprint density at radius 1 is 1.48 bits per heavy atom. The maximum Gasteiger partial charge on any atom is 0.327 e. The Bertz CT molecular complexity index is 969. The molecule has 0 radical (unpaired) electrons. The molecule has 0 aromatic carbocycles. The van der Waals surface area contributed by atoms with E-state index in [2.05, 4.69) is 15.0 Å². The van der Waals surface area contributed by atoms with Gasteiger partial charge in [-0.1, -0.05) is 0 Å². The van der Waals surface area contributed by atoms with E-state index in [4.69, 9.17) is 40.6 Å². The highest BCUT2D eigenvalue weighted by Crippen LogP contribution is 2.59. The second-order valence-electron chi connectivity index (χ2n) is 7.32. The van der Waals surface area contributed by atoms with Crippen molar-refractivity contribution in [3.05, 3.63) is 6.33 Å². The van der Waals surface area contributed by atoms with Gasteiger partial charge in [0.1, 0.15) is 17.8 Å². The Hall–Kier alpha value is -1.40. The first-order valence-corrected chi connectivity index (χ1v) is 11.8. The number of ether oxygens (including phenoxy) is 2. The van der Waals surface area contributed by atoms with E-state index in [1.165, 1.54) is 6.33 Å². The number of nitrogen functional groups attached to an aromatic ring is 1. The molecule has 2 fully saturated rings. The van der Waals surface area contributed by atoms with Crippen molar-refractivity contribution < 1.29 is 28.2 Å². The van der Waals surface area contributed by atoms with Gasteiger partial charge in [0.05, 0.1) is 25.6 Å². The van der Waals surface area contributed by atoms with Gasteiger partial charge in [-0.3, -0.25) is 9.09 Å². The van der Waals surface area contributed by atoms with Crippen LogP contribution in [-0.4, -0.2) is 61.8 Å². The topological polar surface area (TPSA) is 136 Å². The van der Waals surface area contributed by atoms with Crippen LogP contribution < -0.4 is 10.5 Å². The van der Waals surface area contributed by atoms with E-state index in [9.17, 15) is 5.11 Å². The van der Waals surface area contributed by atoms with E-state index in [0.29, 0.717) is 17.8 Å². The third-order valence-electron chi connectivity index (χ3n) is 4.64. The molecule has 3 N–H and O–H groups in total. The van der Waals surface area contributed by atoms with Crippen LogP contribution >= 0.6 is 6.72 Å². The van der Waals surface area contributed by atoms with Gasteiger partial charge < -0.3 is 29.4 Å². The number of nitrogens with two attached hydrogens (primary N) is 1. The standard InChI is InChI=1S/C16H24N5O6PS/c1-5-23-13-10-12(19-15(17)20-13)21(7-18-10)14-16(4,22)11-9(25-14)6-24-28(29,27-11)26-8(2)3/h7-9,11,14,22H,5-6H2,1-4H3,(H2,17,19,20). The number of anilines is 1. The van der Waals surface area contributed by atoms with Gasteiger partial charge in [0.25, 0.3) is 0 Å². The second-order valence-corrected chi connectivity index (χ2v) is 10.2. The predicted octanol–water partition coefficient (Wildman–Crippen LogP) is 1.52. The minimum Gasteiger partial charge on any atom is -0.476 e. The fourth-order valence-corrected chi connectivity index (χ4v) is 6.13. The summed E-state index contributed by atoms with van der Waals surface area (Å²) in [6, 6.07) is 0. The average molecular weight is 445 g/mol. The number of rotatable bonds is 5. The quantitative estimate of drug-likeness (QED) is 0.648. The molecular formula is C16H24N5O6PS. The molecule has 5 unspecified atom stereocenters. The molecule has 2 aliphatic rings. The summed E-state index contributed by atoms with van der Waals surface area (Å²) >= 11 is 5.44. The molecule has 2 aliphatic heterocycles. The van der Waals surface area contributed by atoms with Crippen LogP contribution in [0.15, 0.2) is 6.33 Å². The van der Waals surface area contributed by atoms with Gasteiger partial charge in [0.15, 0.2) is 17.4 Å². The summed E-state index contributed by atoms with van der Waals surface area (Å²) in [5, 5.41) is 11.3. The minimum atomic E-state index is -2.99. The maximum absolute atomic E-state index is 11.3. The normalized spacial score (nSPS) is 34.6. The summed E-state index contributed by atoms with van der Waals surface area (Å²) in [5.41, 5.74) is 5.17. The lowest BCUT2D eigenvalue weighted by Gasteiger charge is -2.37. The Morgan fingerprint density at radius 3 is 2.93 bits per heavy atom. The van der Waals surface area contributed by atoms with E-state index < -0.39 is 30.8 Å². The van der Waals surface area contributed by atoms with Crippen LogP contribution in [0.5, 0.6) is 5.88 Å². The molecule has 4 rings (SSSR count). The molecule has 4 heterocycles. The molecule has 2 aromatic heterocycles. The highest BCUT2D eigenvalue weighted by atomic mass is 32.5. The lowest BCUT2D eigenvalue weighted by molar-refractivity contribution is -0.0894. The molecule has 29 heavy (non-hydrogen) atoms. The minimum absolute atomic E-state index is 0.0261. The number of aromatic nitrogens is 4. The third-order valence-corrected chi connectivity index (χ3v) is 7.10. The molecule has 160 valence electrons. The number of hydrogen-bond donors (Lipinski definition) is 2. The zero-order chi connectivity index (χ0) is 21.0. The molecule has 11 nitrogen and oxygen atoms in total. The zero-order valence-corrected chi connectivity index (χ0v) is 18.2. The fourth-order valence-electron chi connectivity index (χ4n) is 3.50. The summed E-state index contributed by atoms with van der Waals surface area (Å²) in [6.45, 7) is 4.68. The molecule has 2 aromatic rings.